The Morgan fingerprint density at radius 2 is 1.55 bits per heavy atom. The van der Waals surface area contributed by atoms with Gasteiger partial charge in [-0.2, -0.15) is 0 Å². The minimum Gasteiger partial charge on any atom is -0.396 e. The van der Waals surface area contributed by atoms with Gasteiger partial charge >= 0.3 is 0 Å². The molecule has 0 radical (unpaired) electrons. The van der Waals surface area contributed by atoms with Crippen molar-refractivity contribution in [2.45, 2.75) is 30.6 Å². The minimum absolute atomic E-state index is 0.0371. The second-order valence-corrected chi connectivity index (χ2v) is 10.8. The highest BCUT2D eigenvalue weighted by Gasteiger charge is 2.32. The number of ketones is 1. The lowest BCUT2D eigenvalue weighted by Gasteiger charge is -2.13. The largest absolute Gasteiger partial charge is 0.396 e. The van der Waals surface area contributed by atoms with Gasteiger partial charge < -0.3 is 11.1 Å². The molecule has 4 rings (SSSR count). The maximum atomic E-state index is 13.8. The first-order valence-corrected chi connectivity index (χ1v) is 12.7. The third-order valence-corrected chi connectivity index (χ3v) is 8.67. The van der Waals surface area contributed by atoms with Gasteiger partial charge in [-0.3, -0.25) is 4.79 Å². The van der Waals surface area contributed by atoms with Crippen LogP contribution in [0.4, 0.5) is 16.4 Å². The van der Waals surface area contributed by atoms with Crippen molar-refractivity contribution in [1.29, 1.82) is 0 Å². The Morgan fingerprint density at radius 3 is 2.21 bits per heavy atom. The Kier molecular flexibility index (Phi) is 6.10. The van der Waals surface area contributed by atoms with Gasteiger partial charge in [0, 0.05) is 11.3 Å². The number of thiophene rings is 1. The number of nitrogens with two attached hydrogens (primary N) is 1. The summed E-state index contributed by atoms with van der Waals surface area (Å²) >= 11 is 1.06. The molecule has 5 nitrogen and oxygen atoms in total. The number of carbonyl (C=O) groups excluding carboxylic acids is 1. The van der Waals surface area contributed by atoms with E-state index in [1.54, 1.807) is 43.3 Å². The monoisotopic (exact) mass is 476 g/mol. The molecule has 1 aromatic heterocycles. The summed E-state index contributed by atoms with van der Waals surface area (Å²) < 4.78 is 27.7. The quantitative estimate of drug-likeness (QED) is 0.330. The lowest BCUT2D eigenvalue weighted by molar-refractivity contribution is 0.104. The zero-order chi connectivity index (χ0) is 23.8. The molecule has 0 bridgehead atoms. The van der Waals surface area contributed by atoms with Gasteiger partial charge in [0.15, 0.2) is 0 Å². The van der Waals surface area contributed by atoms with Crippen LogP contribution in [0.5, 0.6) is 0 Å². The fraction of sp³-hybridized carbons (Fsp3) is 0.115. The number of benzene rings is 3. The lowest BCUT2D eigenvalue weighted by atomic mass is 10.1. The average molecular weight is 477 g/mol. The van der Waals surface area contributed by atoms with Gasteiger partial charge in [-0.05, 0) is 44.0 Å². The van der Waals surface area contributed by atoms with Crippen molar-refractivity contribution < 1.29 is 13.2 Å². The smallest absolute Gasteiger partial charge is 0.211 e. The first-order chi connectivity index (χ1) is 15.7. The Morgan fingerprint density at radius 1 is 0.879 bits per heavy atom. The zero-order valence-corrected chi connectivity index (χ0v) is 20.2. The van der Waals surface area contributed by atoms with Crippen LogP contribution in [-0.2, 0) is 9.84 Å². The number of aryl methyl sites for hydroxylation is 3. The van der Waals surface area contributed by atoms with Gasteiger partial charge in [0.1, 0.15) is 14.8 Å². The number of nitrogens with one attached hydrogen (secondary N) is 1. The van der Waals surface area contributed by atoms with Crippen molar-refractivity contribution in [3.63, 3.8) is 0 Å². The number of nitrogen functional groups attached to an aromatic ring is 1. The molecule has 1 heterocycles. The maximum Gasteiger partial charge on any atom is 0.211 e. The number of anilines is 3. The Labute approximate surface area is 197 Å². The first kappa shape index (κ1) is 22.8. The van der Waals surface area contributed by atoms with Crippen LogP contribution in [0.1, 0.15) is 31.9 Å². The van der Waals surface area contributed by atoms with Crippen LogP contribution in [0.15, 0.2) is 82.6 Å². The van der Waals surface area contributed by atoms with Crippen LogP contribution in [0, 0.1) is 20.8 Å². The molecular weight excluding hydrogens is 452 g/mol. The summed E-state index contributed by atoms with van der Waals surface area (Å²) in [5.74, 6) is -0.312. The second kappa shape index (κ2) is 8.84. The summed E-state index contributed by atoms with van der Waals surface area (Å²) in [5, 5.41) is 3.54. The first-order valence-electron chi connectivity index (χ1n) is 10.4. The molecule has 0 atom stereocenters. The SMILES string of the molecule is Cc1ccc(S(=O)(=O)c2c(Nc3ccccc3C)sc(C(=O)c3ccccc3)c2N)c(C)c1. The molecule has 7 heteroatoms. The second-order valence-electron chi connectivity index (χ2n) is 7.91. The van der Waals surface area contributed by atoms with Gasteiger partial charge in [0.05, 0.1) is 10.6 Å². The number of hydrogen-bond acceptors (Lipinski definition) is 6. The average Bonchev–Trinajstić information content (AvgIpc) is 3.11. The van der Waals surface area contributed by atoms with Gasteiger partial charge in [0.25, 0.3) is 0 Å². The fourth-order valence-electron chi connectivity index (χ4n) is 3.71. The fourth-order valence-corrected chi connectivity index (χ4v) is 6.86. The van der Waals surface area contributed by atoms with E-state index >= 15 is 0 Å². The van der Waals surface area contributed by atoms with Crippen molar-refractivity contribution >= 4 is 43.3 Å². The van der Waals surface area contributed by atoms with E-state index in [1.807, 2.05) is 50.2 Å². The van der Waals surface area contributed by atoms with Crippen molar-refractivity contribution in [2.75, 3.05) is 11.1 Å². The highest BCUT2D eigenvalue weighted by molar-refractivity contribution is 7.92. The Bertz CT molecular complexity index is 1460. The molecule has 3 N–H and O–H groups in total. The zero-order valence-electron chi connectivity index (χ0n) is 18.5. The molecule has 0 aliphatic carbocycles. The summed E-state index contributed by atoms with van der Waals surface area (Å²) in [4.78, 5) is 13.5. The van der Waals surface area contributed by atoms with Gasteiger partial charge in [-0.15, -0.1) is 11.3 Å². The predicted octanol–water partition coefficient (Wildman–Crippen LogP) is 6.06. The summed E-state index contributed by atoms with van der Waals surface area (Å²) in [7, 11) is -4.00. The van der Waals surface area contributed by atoms with E-state index in [-0.39, 0.29) is 26.1 Å². The molecule has 0 amide bonds. The molecule has 4 aromatic rings. The van der Waals surface area contributed by atoms with Crippen LogP contribution < -0.4 is 11.1 Å². The van der Waals surface area contributed by atoms with E-state index in [9.17, 15) is 13.2 Å². The molecule has 3 aromatic carbocycles. The summed E-state index contributed by atoms with van der Waals surface area (Å²) in [6, 6.07) is 21.4. The minimum atomic E-state index is -4.00. The predicted molar refractivity (Wildman–Crippen MR) is 134 cm³/mol. The van der Waals surface area contributed by atoms with E-state index in [2.05, 4.69) is 5.32 Å². The molecule has 168 valence electrons. The molecule has 0 spiro atoms. The molecule has 0 unspecified atom stereocenters. The van der Waals surface area contributed by atoms with Crippen molar-refractivity contribution in [2.24, 2.45) is 0 Å². The highest BCUT2D eigenvalue weighted by atomic mass is 32.2. The van der Waals surface area contributed by atoms with Crippen LogP contribution in [0.2, 0.25) is 0 Å². The van der Waals surface area contributed by atoms with E-state index in [4.69, 9.17) is 5.73 Å². The van der Waals surface area contributed by atoms with Crippen LogP contribution in [-0.4, -0.2) is 14.2 Å². The molecule has 0 fully saturated rings. The number of sulfone groups is 1. The summed E-state index contributed by atoms with van der Waals surface area (Å²) in [6.45, 7) is 5.59. The maximum absolute atomic E-state index is 13.8. The van der Waals surface area contributed by atoms with Crippen LogP contribution in [0.25, 0.3) is 0 Å². The molecular formula is C26H24N2O3S2. The molecule has 33 heavy (non-hydrogen) atoms. The molecule has 0 saturated heterocycles. The van der Waals surface area contributed by atoms with Gasteiger partial charge in [0.2, 0.25) is 15.6 Å². The topological polar surface area (TPSA) is 89.3 Å². The number of para-hydroxylation sites is 1. The van der Waals surface area contributed by atoms with Crippen molar-refractivity contribution in [1.82, 2.24) is 0 Å². The Hall–Kier alpha value is -3.42. The summed E-state index contributed by atoms with van der Waals surface area (Å²) in [6.07, 6.45) is 0. The van der Waals surface area contributed by atoms with E-state index in [0.29, 0.717) is 16.1 Å². The van der Waals surface area contributed by atoms with Gasteiger partial charge in [-0.25, -0.2) is 8.42 Å². The molecule has 0 saturated carbocycles. The van der Waals surface area contributed by atoms with Crippen molar-refractivity contribution in [3.05, 3.63) is 99.9 Å². The molecule has 0 aliphatic rings. The highest BCUT2D eigenvalue weighted by Crippen LogP contribution is 2.44. The van der Waals surface area contributed by atoms with E-state index in [0.717, 1.165) is 28.2 Å². The summed E-state index contributed by atoms with van der Waals surface area (Å²) in [5.41, 5.74) is 10.1. The van der Waals surface area contributed by atoms with E-state index in [1.165, 1.54) is 0 Å². The van der Waals surface area contributed by atoms with Crippen LogP contribution in [0.3, 0.4) is 0 Å². The number of carbonyl (C=O) groups is 1. The van der Waals surface area contributed by atoms with Crippen LogP contribution >= 0.6 is 11.3 Å². The normalized spacial score (nSPS) is 11.4. The van der Waals surface area contributed by atoms with E-state index < -0.39 is 9.84 Å². The number of hydrogen-bond donors (Lipinski definition) is 2. The third kappa shape index (κ3) is 4.29. The third-order valence-electron chi connectivity index (χ3n) is 5.42. The number of rotatable bonds is 6. The molecule has 0 aliphatic heterocycles. The lowest BCUT2D eigenvalue weighted by Crippen LogP contribution is -2.09. The standard InChI is InChI=1S/C26H24N2O3S2/c1-16-13-14-21(18(3)15-16)33(30,31)25-22(27)24(23(29)19-10-5-4-6-11-19)32-26(25)28-20-12-8-7-9-17(20)2/h4-15,28H,27H2,1-3H3. The van der Waals surface area contributed by atoms with Crippen molar-refractivity contribution in [3.8, 4) is 0 Å². The Balaban J connectivity index is 1.93. The van der Waals surface area contributed by atoms with Gasteiger partial charge in [-0.1, -0.05) is 66.2 Å².